The molecule has 0 bridgehead atoms. The second-order valence-electron chi connectivity index (χ2n) is 2.52. The molecule has 2 heteroatoms. The van der Waals surface area contributed by atoms with Gasteiger partial charge in [0.15, 0.2) is 0 Å². The van der Waals surface area contributed by atoms with Gasteiger partial charge in [-0.3, -0.25) is 0 Å². The van der Waals surface area contributed by atoms with Crippen LogP contribution in [-0.4, -0.2) is 4.98 Å². The molecular weight excluding hydrogens is 142 g/mol. The third-order valence-electron chi connectivity index (χ3n) is 1.21. The highest BCUT2D eigenvalue weighted by atomic mass is 32.1. The molecule has 0 saturated carbocycles. The summed E-state index contributed by atoms with van der Waals surface area (Å²) in [6, 6.07) is 0. The molecule has 0 aliphatic rings. The minimum absolute atomic E-state index is 1.12. The molecule has 1 rings (SSSR count). The lowest BCUT2D eigenvalue weighted by molar-refractivity contribution is 1.32. The van der Waals surface area contributed by atoms with Crippen LogP contribution in [0.1, 0.15) is 24.4 Å². The van der Waals surface area contributed by atoms with E-state index in [0.717, 1.165) is 5.69 Å². The Balaban J connectivity index is 2.95. The molecule has 0 N–H and O–H groups in total. The van der Waals surface area contributed by atoms with Gasteiger partial charge in [-0.25, -0.2) is 4.98 Å². The van der Waals surface area contributed by atoms with Crippen LogP contribution in [0.4, 0.5) is 0 Å². The van der Waals surface area contributed by atoms with E-state index < -0.39 is 0 Å². The van der Waals surface area contributed by atoms with E-state index in [-0.39, 0.29) is 0 Å². The molecule has 0 aliphatic carbocycles. The Labute approximate surface area is 65.4 Å². The topological polar surface area (TPSA) is 12.9 Å². The number of nitrogens with zero attached hydrogens (tertiary/aromatic N) is 1. The average Bonchev–Trinajstić information content (AvgIpc) is 2.15. The molecule has 0 aliphatic heterocycles. The Morgan fingerprint density at radius 1 is 1.60 bits per heavy atom. The summed E-state index contributed by atoms with van der Waals surface area (Å²) in [5.74, 6) is 0. The number of allylic oxidation sites excluding steroid dienone is 1. The molecule has 1 nitrogen and oxygen atoms in total. The molecule has 0 spiro atoms. The molecule has 0 radical (unpaired) electrons. The van der Waals surface area contributed by atoms with Crippen molar-refractivity contribution in [2.24, 2.45) is 0 Å². The highest BCUT2D eigenvalue weighted by molar-refractivity contribution is 7.09. The molecule has 54 valence electrons. The first-order valence-corrected chi connectivity index (χ1v) is 4.13. The van der Waals surface area contributed by atoms with Crippen molar-refractivity contribution in [1.82, 2.24) is 4.98 Å². The fourth-order valence-electron chi connectivity index (χ4n) is 0.726. The van der Waals surface area contributed by atoms with Gasteiger partial charge < -0.3 is 0 Å². The molecular formula is C8H11NS. The lowest BCUT2D eigenvalue weighted by atomic mass is 10.2. The zero-order valence-electron chi connectivity index (χ0n) is 6.51. The molecule has 0 saturated heterocycles. The summed E-state index contributed by atoms with van der Waals surface area (Å²) in [7, 11) is 0. The van der Waals surface area contributed by atoms with Crippen LogP contribution in [0.5, 0.6) is 0 Å². The lowest BCUT2D eigenvalue weighted by Gasteiger charge is -1.88. The van der Waals surface area contributed by atoms with Gasteiger partial charge in [0.25, 0.3) is 0 Å². The largest absolute Gasteiger partial charge is 0.245 e. The van der Waals surface area contributed by atoms with E-state index in [1.807, 2.05) is 5.51 Å². The molecule has 0 aromatic carbocycles. The predicted octanol–water partition coefficient (Wildman–Crippen LogP) is 2.87. The molecule has 1 aromatic heterocycles. The van der Waals surface area contributed by atoms with Crippen molar-refractivity contribution in [3.63, 3.8) is 0 Å². The van der Waals surface area contributed by atoms with Crippen molar-refractivity contribution in [2.75, 3.05) is 0 Å². The van der Waals surface area contributed by atoms with Crippen LogP contribution in [0.25, 0.3) is 6.08 Å². The van der Waals surface area contributed by atoms with Gasteiger partial charge in [0, 0.05) is 4.88 Å². The summed E-state index contributed by atoms with van der Waals surface area (Å²) in [6.45, 7) is 6.25. The van der Waals surface area contributed by atoms with Gasteiger partial charge in [0.2, 0.25) is 0 Å². The Kier molecular flexibility index (Phi) is 2.22. The fourth-order valence-corrected chi connectivity index (χ4v) is 1.28. The molecule has 0 atom stereocenters. The molecule has 0 fully saturated rings. The van der Waals surface area contributed by atoms with Crippen molar-refractivity contribution >= 4 is 17.4 Å². The molecule has 0 amide bonds. The molecule has 1 heterocycles. The van der Waals surface area contributed by atoms with E-state index in [0.29, 0.717) is 0 Å². The van der Waals surface area contributed by atoms with E-state index in [2.05, 4.69) is 31.8 Å². The van der Waals surface area contributed by atoms with Crippen molar-refractivity contribution in [2.45, 2.75) is 20.8 Å². The summed E-state index contributed by atoms with van der Waals surface area (Å²) >= 11 is 1.69. The number of hydrogen-bond donors (Lipinski definition) is 0. The molecule has 0 unspecified atom stereocenters. The standard InChI is InChI=1S/C8H11NS/c1-6(2)4-8-7(3)10-5-9-8/h4-5H,1-3H3. The van der Waals surface area contributed by atoms with Crippen molar-refractivity contribution in [3.8, 4) is 0 Å². The summed E-state index contributed by atoms with van der Waals surface area (Å²) in [4.78, 5) is 5.49. The van der Waals surface area contributed by atoms with Crippen LogP contribution in [0.3, 0.4) is 0 Å². The Bertz CT molecular complexity index is 244. The van der Waals surface area contributed by atoms with Gasteiger partial charge in [0.1, 0.15) is 0 Å². The highest BCUT2D eigenvalue weighted by Crippen LogP contribution is 2.13. The van der Waals surface area contributed by atoms with Crippen LogP contribution >= 0.6 is 11.3 Å². The van der Waals surface area contributed by atoms with Gasteiger partial charge in [-0.1, -0.05) is 5.57 Å². The van der Waals surface area contributed by atoms with E-state index >= 15 is 0 Å². The van der Waals surface area contributed by atoms with Gasteiger partial charge in [0.05, 0.1) is 11.2 Å². The first kappa shape index (κ1) is 7.48. The number of hydrogen-bond acceptors (Lipinski definition) is 2. The normalized spacial score (nSPS) is 9.50. The Morgan fingerprint density at radius 2 is 2.30 bits per heavy atom. The van der Waals surface area contributed by atoms with Crippen molar-refractivity contribution in [3.05, 3.63) is 21.7 Å². The maximum atomic E-state index is 4.20. The number of aryl methyl sites for hydroxylation is 1. The Hall–Kier alpha value is -0.630. The number of rotatable bonds is 1. The van der Waals surface area contributed by atoms with Gasteiger partial charge in [-0.2, -0.15) is 0 Å². The predicted molar refractivity (Wildman–Crippen MR) is 46.2 cm³/mol. The lowest BCUT2D eigenvalue weighted by Crippen LogP contribution is -1.74. The first-order chi connectivity index (χ1) is 4.70. The van der Waals surface area contributed by atoms with Gasteiger partial charge in [-0.05, 0) is 26.8 Å². The van der Waals surface area contributed by atoms with Crippen LogP contribution in [-0.2, 0) is 0 Å². The van der Waals surface area contributed by atoms with E-state index in [1.54, 1.807) is 11.3 Å². The van der Waals surface area contributed by atoms with Crippen LogP contribution in [0.2, 0.25) is 0 Å². The van der Waals surface area contributed by atoms with Crippen LogP contribution in [0.15, 0.2) is 11.1 Å². The maximum Gasteiger partial charge on any atom is 0.0801 e. The highest BCUT2D eigenvalue weighted by Gasteiger charge is 1.95. The number of aromatic nitrogens is 1. The third kappa shape index (κ3) is 1.67. The zero-order chi connectivity index (χ0) is 7.56. The van der Waals surface area contributed by atoms with E-state index in [1.165, 1.54) is 10.5 Å². The third-order valence-corrected chi connectivity index (χ3v) is 1.98. The monoisotopic (exact) mass is 153 g/mol. The van der Waals surface area contributed by atoms with Crippen LogP contribution < -0.4 is 0 Å². The van der Waals surface area contributed by atoms with Crippen molar-refractivity contribution < 1.29 is 0 Å². The van der Waals surface area contributed by atoms with Gasteiger partial charge >= 0.3 is 0 Å². The Morgan fingerprint density at radius 3 is 2.70 bits per heavy atom. The summed E-state index contributed by atoms with van der Waals surface area (Å²) in [6.07, 6.45) is 2.10. The first-order valence-electron chi connectivity index (χ1n) is 3.25. The summed E-state index contributed by atoms with van der Waals surface area (Å²) in [5.41, 5.74) is 4.29. The minimum atomic E-state index is 1.12. The fraction of sp³-hybridized carbons (Fsp3) is 0.375. The van der Waals surface area contributed by atoms with Crippen LogP contribution in [0, 0.1) is 6.92 Å². The zero-order valence-corrected chi connectivity index (χ0v) is 7.33. The smallest absolute Gasteiger partial charge is 0.0801 e. The summed E-state index contributed by atoms with van der Waals surface area (Å²) < 4.78 is 0. The maximum absolute atomic E-state index is 4.20. The number of thiazole rings is 1. The van der Waals surface area contributed by atoms with E-state index in [4.69, 9.17) is 0 Å². The minimum Gasteiger partial charge on any atom is -0.245 e. The molecule has 1 aromatic rings. The molecule has 10 heavy (non-hydrogen) atoms. The second-order valence-corrected chi connectivity index (χ2v) is 3.57. The summed E-state index contributed by atoms with van der Waals surface area (Å²) in [5, 5.41) is 0. The van der Waals surface area contributed by atoms with Gasteiger partial charge in [-0.15, -0.1) is 11.3 Å². The SMILES string of the molecule is CC(C)=Cc1ncsc1C. The van der Waals surface area contributed by atoms with E-state index in [9.17, 15) is 0 Å². The quantitative estimate of drug-likeness (QED) is 0.604. The average molecular weight is 153 g/mol. The second kappa shape index (κ2) is 2.97. The van der Waals surface area contributed by atoms with Crippen molar-refractivity contribution in [1.29, 1.82) is 0 Å².